The van der Waals surface area contributed by atoms with E-state index in [1.165, 1.54) is 7.11 Å². The average Bonchev–Trinajstić information content (AvgIpc) is 2.72. The minimum Gasteiger partial charge on any atom is -0.465 e. The van der Waals surface area contributed by atoms with E-state index < -0.39 is 0 Å². The summed E-state index contributed by atoms with van der Waals surface area (Å²) in [6.07, 6.45) is 0. The van der Waals surface area contributed by atoms with Gasteiger partial charge in [0.15, 0.2) is 0 Å². The molecule has 6 heteroatoms. The fourth-order valence-corrected chi connectivity index (χ4v) is 2.41. The van der Waals surface area contributed by atoms with Crippen LogP contribution in [0.3, 0.4) is 0 Å². The van der Waals surface area contributed by atoms with E-state index >= 15 is 0 Å². The zero-order chi connectivity index (χ0) is 18.4. The third-order valence-corrected chi connectivity index (χ3v) is 3.80. The van der Waals surface area contributed by atoms with Gasteiger partial charge in [-0.05, 0) is 42.0 Å². The molecule has 0 saturated carbocycles. The number of anilines is 1. The van der Waals surface area contributed by atoms with Crippen molar-refractivity contribution >= 4 is 11.8 Å². The van der Waals surface area contributed by atoms with Crippen molar-refractivity contribution in [1.82, 2.24) is 10.2 Å². The normalized spacial score (nSPS) is 10.0. The van der Waals surface area contributed by atoms with Gasteiger partial charge in [0.25, 0.3) is 0 Å². The lowest BCUT2D eigenvalue weighted by Crippen LogP contribution is -2.05. The van der Waals surface area contributed by atoms with Gasteiger partial charge in [0.05, 0.1) is 30.0 Å². The van der Waals surface area contributed by atoms with Crippen molar-refractivity contribution in [3.05, 3.63) is 77.4 Å². The Morgan fingerprint density at radius 2 is 1.92 bits per heavy atom. The maximum absolute atomic E-state index is 11.6. The Morgan fingerprint density at radius 3 is 2.58 bits per heavy atom. The molecule has 2 aromatic carbocycles. The Labute approximate surface area is 151 Å². The Kier molecular flexibility index (Phi) is 5.20. The summed E-state index contributed by atoms with van der Waals surface area (Å²) in [7, 11) is 1.36. The van der Waals surface area contributed by atoms with Gasteiger partial charge in [0.1, 0.15) is 5.82 Å². The van der Waals surface area contributed by atoms with Crippen LogP contribution in [0.5, 0.6) is 0 Å². The van der Waals surface area contributed by atoms with Crippen molar-refractivity contribution in [3.8, 4) is 17.3 Å². The monoisotopic (exact) mass is 344 g/mol. The molecule has 0 atom stereocenters. The first-order valence-electron chi connectivity index (χ1n) is 7.95. The van der Waals surface area contributed by atoms with Gasteiger partial charge in [-0.3, -0.25) is 0 Å². The molecule has 0 aliphatic rings. The lowest BCUT2D eigenvalue weighted by molar-refractivity contribution is 0.0600. The Hall–Kier alpha value is -3.72. The van der Waals surface area contributed by atoms with Crippen molar-refractivity contribution in [2.75, 3.05) is 12.4 Å². The molecule has 0 radical (unpaired) electrons. The van der Waals surface area contributed by atoms with E-state index in [0.29, 0.717) is 23.5 Å². The second-order valence-corrected chi connectivity index (χ2v) is 5.54. The molecule has 0 saturated heterocycles. The third-order valence-electron chi connectivity index (χ3n) is 3.80. The van der Waals surface area contributed by atoms with Gasteiger partial charge < -0.3 is 10.1 Å². The van der Waals surface area contributed by atoms with Crippen molar-refractivity contribution in [2.45, 2.75) is 6.54 Å². The molecule has 0 aliphatic heterocycles. The largest absolute Gasteiger partial charge is 0.465 e. The van der Waals surface area contributed by atoms with Gasteiger partial charge in [-0.1, -0.05) is 24.3 Å². The maximum atomic E-state index is 11.6. The second-order valence-electron chi connectivity index (χ2n) is 5.54. The molecule has 0 aliphatic carbocycles. The van der Waals surface area contributed by atoms with Crippen LogP contribution < -0.4 is 5.32 Å². The number of carbonyl (C=O) groups excluding carboxylic acids is 1. The van der Waals surface area contributed by atoms with Gasteiger partial charge in [0, 0.05) is 12.1 Å². The fraction of sp³-hybridized carbons (Fsp3) is 0.100. The smallest absolute Gasteiger partial charge is 0.337 e. The Morgan fingerprint density at radius 1 is 1.12 bits per heavy atom. The molecule has 1 heterocycles. The molecular formula is C20H16N4O2. The molecule has 1 aromatic heterocycles. The van der Waals surface area contributed by atoms with Gasteiger partial charge in [-0.2, -0.15) is 5.26 Å². The molecule has 0 amide bonds. The predicted octanol–water partition coefficient (Wildman–Crippen LogP) is 3.41. The van der Waals surface area contributed by atoms with Crippen LogP contribution in [0.25, 0.3) is 11.3 Å². The Balaban J connectivity index is 1.66. The predicted molar refractivity (Wildman–Crippen MR) is 97.3 cm³/mol. The summed E-state index contributed by atoms with van der Waals surface area (Å²) < 4.78 is 4.72. The number of nitrogens with one attached hydrogen (secondary N) is 1. The number of hydrogen-bond donors (Lipinski definition) is 1. The number of nitriles is 1. The molecule has 6 nitrogen and oxygen atoms in total. The van der Waals surface area contributed by atoms with E-state index in [2.05, 4.69) is 21.6 Å². The van der Waals surface area contributed by atoms with E-state index in [4.69, 9.17) is 10.00 Å². The summed E-state index contributed by atoms with van der Waals surface area (Å²) in [6, 6.07) is 20.2. The average molecular weight is 344 g/mol. The number of carbonyl (C=O) groups is 1. The van der Waals surface area contributed by atoms with E-state index in [1.807, 2.05) is 36.4 Å². The van der Waals surface area contributed by atoms with Crippen LogP contribution in [0.15, 0.2) is 60.7 Å². The first-order valence-corrected chi connectivity index (χ1v) is 7.95. The van der Waals surface area contributed by atoms with Crippen LogP contribution in [0, 0.1) is 11.3 Å². The molecule has 0 bridgehead atoms. The minimum atomic E-state index is -0.363. The van der Waals surface area contributed by atoms with E-state index in [1.54, 1.807) is 24.3 Å². The summed E-state index contributed by atoms with van der Waals surface area (Å²) in [6.45, 7) is 0.510. The lowest BCUT2D eigenvalue weighted by atomic mass is 10.1. The van der Waals surface area contributed by atoms with Gasteiger partial charge in [-0.25, -0.2) is 4.79 Å². The van der Waals surface area contributed by atoms with Crippen LogP contribution in [0.1, 0.15) is 21.5 Å². The highest BCUT2D eigenvalue weighted by molar-refractivity contribution is 5.89. The van der Waals surface area contributed by atoms with Crippen molar-refractivity contribution < 1.29 is 9.53 Å². The number of ether oxygens (including phenoxy) is 1. The van der Waals surface area contributed by atoms with Gasteiger partial charge in [0.2, 0.25) is 0 Å². The molecule has 26 heavy (non-hydrogen) atoms. The number of esters is 1. The van der Waals surface area contributed by atoms with E-state index in [9.17, 15) is 4.79 Å². The van der Waals surface area contributed by atoms with Gasteiger partial charge in [-0.15, -0.1) is 10.2 Å². The highest BCUT2D eigenvalue weighted by Crippen LogP contribution is 2.18. The highest BCUT2D eigenvalue weighted by atomic mass is 16.5. The third kappa shape index (κ3) is 4.02. The molecule has 1 N–H and O–H groups in total. The fourth-order valence-electron chi connectivity index (χ4n) is 2.41. The van der Waals surface area contributed by atoms with Crippen LogP contribution in [0.4, 0.5) is 5.82 Å². The molecule has 3 rings (SSSR count). The number of rotatable bonds is 5. The summed E-state index contributed by atoms with van der Waals surface area (Å²) in [5.74, 6) is 0.268. The number of nitrogens with zero attached hydrogens (tertiary/aromatic N) is 3. The molecular weight excluding hydrogens is 328 g/mol. The molecule has 0 fully saturated rings. The van der Waals surface area contributed by atoms with Crippen LogP contribution in [0.2, 0.25) is 0 Å². The SMILES string of the molecule is COC(=O)c1cccc(CNc2ccc(-c3ccc(C#N)cc3)nn2)c1. The van der Waals surface area contributed by atoms with Crippen molar-refractivity contribution in [3.63, 3.8) is 0 Å². The van der Waals surface area contributed by atoms with Gasteiger partial charge >= 0.3 is 5.97 Å². The number of aromatic nitrogens is 2. The number of hydrogen-bond acceptors (Lipinski definition) is 6. The standard InChI is InChI=1S/C20H16N4O2/c1-26-20(25)17-4-2-3-15(11-17)13-22-19-10-9-18(23-24-19)16-7-5-14(12-21)6-8-16/h2-11H,13H2,1H3,(H,22,24). The molecule has 128 valence electrons. The highest BCUT2D eigenvalue weighted by Gasteiger charge is 2.06. The quantitative estimate of drug-likeness (QED) is 0.714. The summed E-state index contributed by atoms with van der Waals surface area (Å²) in [4.78, 5) is 11.6. The topological polar surface area (TPSA) is 87.9 Å². The van der Waals surface area contributed by atoms with E-state index in [0.717, 1.165) is 16.8 Å². The number of benzene rings is 2. The second kappa shape index (κ2) is 7.90. The van der Waals surface area contributed by atoms with Crippen LogP contribution in [-0.4, -0.2) is 23.3 Å². The van der Waals surface area contributed by atoms with Crippen molar-refractivity contribution in [2.24, 2.45) is 0 Å². The molecule has 0 spiro atoms. The molecule has 0 unspecified atom stereocenters. The summed E-state index contributed by atoms with van der Waals surface area (Å²) in [5.41, 5.74) is 3.68. The zero-order valence-corrected chi connectivity index (χ0v) is 14.1. The van der Waals surface area contributed by atoms with Crippen molar-refractivity contribution in [1.29, 1.82) is 5.26 Å². The summed E-state index contributed by atoms with van der Waals surface area (Å²) in [5, 5.41) is 20.4. The minimum absolute atomic E-state index is 0.363. The van der Waals surface area contributed by atoms with Crippen LogP contribution >= 0.6 is 0 Å². The number of methoxy groups -OCH3 is 1. The van der Waals surface area contributed by atoms with E-state index in [-0.39, 0.29) is 5.97 Å². The van der Waals surface area contributed by atoms with Crippen LogP contribution in [-0.2, 0) is 11.3 Å². The first-order chi connectivity index (χ1) is 12.7. The zero-order valence-electron chi connectivity index (χ0n) is 14.1. The lowest BCUT2D eigenvalue weighted by Gasteiger charge is -2.07. The summed E-state index contributed by atoms with van der Waals surface area (Å²) >= 11 is 0. The molecule has 3 aromatic rings. The first kappa shape index (κ1) is 17.1. The maximum Gasteiger partial charge on any atom is 0.337 e. The Bertz CT molecular complexity index is 945.